The number of ether oxygens (including phenoxy) is 2. The number of sulfone groups is 1. The Bertz CT molecular complexity index is 550. The first-order chi connectivity index (χ1) is 8.81. The van der Waals surface area contributed by atoms with E-state index >= 15 is 0 Å². The maximum Gasteiger partial charge on any atom is 0.359 e. The number of carbonyl (C=O) groups is 1. The summed E-state index contributed by atoms with van der Waals surface area (Å²) in [5.74, 6) is -1.19. The quantitative estimate of drug-likeness (QED) is 0.547. The SMILES string of the molecule is COC(=O)c1nn(C)cc1S(=O)(=O)CCC(O)OC. The van der Waals surface area contributed by atoms with Crippen molar-refractivity contribution in [3.05, 3.63) is 11.9 Å². The Hall–Kier alpha value is -1.45. The van der Waals surface area contributed by atoms with Gasteiger partial charge in [0.2, 0.25) is 0 Å². The van der Waals surface area contributed by atoms with Crippen molar-refractivity contribution in [2.45, 2.75) is 17.6 Å². The number of methoxy groups -OCH3 is 2. The summed E-state index contributed by atoms with van der Waals surface area (Å²) in [6, 6.07) is 0. The predicted octanol–water partition coefficient (Wildman–Crippen LogP) is -0.665. The second-order valence-electron chi connectivity index (χ2n) is 3.81. The Balaban J connectivity index is 3.04. The lowest BCUT2D eigenvalue weighted by Crippen LogP contribution is -2.18. The van der Waals surface area contributed by atoms with Gasteiger partial charge < -0.3 is 14.6 Å². The van der Waals surface area contributed by atoms with E-state index in [1.54, 1.807) is 0 Å². The molecule has 0 bridgehead atoms. The molecule has 0 saturated heterocycles. The van der Waals surface area contributed by atoms with E-state index in [0.29, 0.717) is 0 Å². The van der Waals surface area contributed by atoms with Gasteiger partial charge in [0.05, 0.1) is 12.9 Å². The van der Waals surface area contributed by atoms with Crippen molar-refractivity contribution in [1.29, 1.82) is 0 Å². The molecule has 0 spiro atoms. The van der Waals surface area contributed by atoms with E-state index in [-0.39, 0.29) is 22.8 Å². The van der Waals surface area contributed by atoms with Crippen molar-refractivity contribution in [2.24, 2.45) is 7.05 Å². The van der Waals surface area contributed by atoms with Crippen molar-refractivity contribution in [3.8, 4) is 0 Å². The number of rotatable bonds is 6. The van der Waals surface area contributed by atoms with Crippen LogP contribution in [0.1, 0.15) is 16.9 Å². The highest BCUT2D eigenvalue weighted by atomic mass is 32.2. The number of aromatic nitrogens is 2. The van der Waals surface area contributed by atoms with Crippen LogP contribution in [0.25, 0.3) is 0 Å². The lowest BCUT2D eigenvalue weighted by Gasteiger charge is -2.08. The maximum atomic E-state index is 12.1. The summed E-state index contributed by atoms with van der Waals surface area (Å²) in [6.07, 6.45) is -0.0530. The van der Waals surface area contributed by atoms with Gasteiger partial charge in [0, 0.05) is 26.8 Å². The molecule has 108 valence electrons. The van der Waals surface area contributed by atoms with Crippen LogP contribution in [-0.2, 0) is 26.4 Å². The number of nitrogens with zero attached hydrogens (tertiary/aromatic N) is 2. The van der Waals surface area contributed by atoms with Gasteiger partial charge in [-0.25, -0.2) is 13.2 Å². The smallest absolute Gasteiger partial charge is 0.359 e. The number of aryl methyl sites for hydroxylation is 1. The van der Waals surface area contributed by atoms with Gasteiger partial charge in [0.1, 0.15) is 4.90 Å². The zero-order valence-electron chi connectivity index (χ0n) is 10.9. The molecule has 0 radical (unpaired) electrons. The van der Waals surface area contributed by atoms with Gasteiger partial charge in [-0.05, 0) is 0 Å². The summed E-state index contributed by atoms with van der Waals surface area (Å²) in [5.41, 5.74) is -0.267. The Kier molecular flexibility index (Phi) is 5.04. The van der Waals surface area contributed by atoms with E-state index in [4.69, 9.17) is 0 Å². The molecule has 1 aromatic heterocycles. The van der Waals surface area contributed by atoms with E-state index in [9.17, 15) is 18.3 Å². The summed E-state index contributed by atoms with van der Waals surface area (Å²) in [4.78, 5) is 11.2. The highest BCUT2D eigenvalue weighted by Crippen LogP contribution is 2.18. The van der Waals surface area contributed by atoms with Gasteiger partial charge >= 0.3 is 5.97 Å². The molecule has 1 rings (SSSR count). The normalized spacial score (nSPS) is 13.3. The largest absolute Gasteiger partial charge is 0.464 e. The molecule has 1 aromatic rings. The Morgan fingerprint density at radius 1 is 1.53 bits per heavy atom. The number of hydrogen-bond donors (Lipinski definition) is 1. The standard InChI is InChI=1S/C10H16N2O6S/c1-12-6-7(9(11-12)10(14)18-3)19(15,16)5-4-8(13)17-2/h6,8,13H,4-5H2,1-3H3. The summed E-state index contributed by atoms with van der Waals surface area (Å²) in [5, 5.41) is 13.0. The minimum Gasteiger partial charge on any atom is -0.464 e. The Labute approximate surface area is 110 Å². The molecule has 0 aliphatic rings. The zero-order valence-corrected chi connectivity index (χ0v) is 11.7. The van der Waals surface area contributed by atoms with Crippen LogP contribution in [0.15, 0.2) is 11.1 Å². The van der Waals surface area contributed by atoms with E-state index in [2.05, 4.69) is 14.6 Å². The third kappa shape index (κ3) is 3.75. The van der Waals surface area contributed by atoms with Crippen molar-refractivity contribution in [2.75, 3.05) is 20.0 Å². The summed E-state index contributed by atoms with van der Waals surface area (Å²) >= 11 is 0. The van der Waals surface area contributed by atoms with Gasteiger partial charge in [-0.1, -0.05) is 0 Å². The van der Waals surface area contributed by atoms with Gasteiger partial charge in [-0.15, -0.1) is 0 Å². The monoisotopic (exact) mass is 292 g/mol. The molecule has 1 N–H and O–H groups in total. The maximum absolute atomic E-state index is 12.1. The molecular formula is C10H16N2O6S. The van der Waals surface area contributed by atoms with Crippen LogP contribution in [0.5, 0.6) is 0 Å². The lowest BCUT2D eigenvalue weighted by atomic mass is 10.4. The van der Waals surface area contributed by atoms with Crippen molar-refractivity contribution < 1.29 is 27.8 Å². The molecule has 0 aliphatic carbocycles. The average molecular weight is 292 g/mol. The molecule has 0 saturated carbocycles. The lowest BCUT2D eigenvalue weighted by molar-refractivity contribution is -0.0743. The Morgan fingerprint density at radius 3 is 2.68 bits per heavy atom. The molecule has 0 fully saturated rings. The predicted molar refractivity (Wildman–Crippen MR) is 64.2 cm³/mol. The van der Waals surface area contributed by atoms with Gasteiger partial charge in [-0.2, -0.15) is 5.10 Å². The van der Waals surface area contributed by atoms with Crippen molar-refractivity contribution in [3.63, 3.8) is 0 Å². The van der Waals surface area contributed by atoms with Crippen molar-refractivity contribution in [1.82, 2.24) is 9.78 Å². The Morgan fingerprint density at radius 2 is 2.16 bits per heavy atom. The third-order valence-electron chi connectivity index (χ3n) is 2.41. The summed E-state index contributed by atoms with van der Waals surface area (Å²) < 4.78 is 34.4. The van der Waals surface area contributed by atoms with Crippen LogP contribution in [-0.4, -0.2) is 55.5 Å². The molecule has 0 aromatic carbocycles. The third-order valence-corrected chi connectivity index (χ3v) is 4.16. The average Bonchev–Trinajstić information content (AvgIpc) is 2.78. The highest BCUT2D eigenvalue weighted by molar-refractivity contribution is 7.91. The van der Waals surface area contributed by atoms with Crippen molar-refractivity contribution >= 4 is 15.8 Å². The number of hydrogen-bond acceptors (Lipinski definition) is 7. The van der Waals surface area contributed by atoms with Gasteiger partial charge in [-0.3, -0.25) is 4.68 Å². The number of esters is 1. The van der Waals surface area contributed by atoms with Gasteiger partial charge in [0.25, 0.3) is 0 Å². The summed E-state index contributed by atoms with van der Waals surface area (Å²) in [6.45, 7) is 0. The molecule has 9 heteroatoms. The molecule has 1 atom stereocenters. The number of aliphatic hydroxyl groups excluding tert-OH is 1. The first kappa shape index (κ1) is 15.6. The number of aliphatic hydroxyl groups is 1. The summed E-state index contributed by atoms with van der Waals surface area (Å²) in [7, 11) is 0.147. The second kappa shape index (κ2) is 6.13. The second-order valence-corrected chi connectivity index (χ2v) is 5.88. The molecular weight excluding hydrogens is 276 g/mol. The van der Waals surface area contributed by atoms with Crippen LogP contribution >= 0.6 is 0 Å². The van der Waals surface area contributed by atoms with Crippen LogP contribution in [0.3, 0.4) is 0 Å². The minimum atomic E-state index is -3.75. The zero-order chi connectivity index (χ0) is 14.6. The topological polar surface area (TPSA) is 108 Å². The molecule has 8 nitrogen and oxygen atoms in total. The minimum absolute atomic E-state index is 0.103. The van der Waals surface area contributed by atoms with Crippen LogP contribution in [0.2, 0.25) is 0 Å². The molecule has 0 aliphatic heterocycles. The van der Waals surface area contributed by atoms with E-state index in [1.807, 2.05) is 0 Å². The molecule has 0 amide bonds. The van der Waals surface area contributed by atoms with E-state index in [0.717, 1.165) is 7.11 Å². The molecule has 19 heavy (non-hydrogen) atoms. The molecule has 1 unspecified atom stereocenters. The molecule has 1 heterocycles. The number of carbonyl (C=O) groups excluding carboxylic acids is 1. The highest BCUT2D eigenvalue weighted by Gasteiger charge is 2.27. The van der Waals surface area contributed by atoms with E-state index < -0.39 is 22.1 Å². The van der Waals surface area contributed by atoms with Crippen LogP contribution in [0, 0.1) is 0 Å². The van der Waals surface area contributed by atoms with Crippen LogP contribution in [0.4, 0.5) is 0 Å². The van der Waals surface area contributed by atoms with Crippen LogP contribution < -0.4 is 0 Å². The van der Waals surface area contributed by atoms with Gasteiger partial charge in [0.15, 0.2) is 21.8 Å². The first-order valence-corrected chi connectivity index (χ1v) is 7.02. The fraction of sp³-hybridized carbons (Fsp3) is 0.600. The fourth-order valence-electron chi connectivity index (χ4n) is 1.42. The first-order valence-electron chi connectivity index (χ1n) is 5.37. The van der Waals surface area contributed by atoms with E-state index in [1.165, 1.54) is 25.0 Å². The fourth-order valence-corrected chi connectivity index (χ4v) is 2.88.